The molecule has 2 heterocycles. The maximum atomic E-state index is 12.4. The Balaban J connectivity index is 2.22. The van der Waals surface area contributed by atoms with Gasteiger partial charge in [0.05, 0.1) is 11.5 Å². The van der Waals surface area contributed by atoms with Crippen LogP contribution in [0.5, 0.6) is 0 Å². The van der Waals surface area contributed by atoms with E-state index in [-0.39, 0.29) is 10.7 Å². The summed E-state index contributed by atoms with van der Waals surface area (Å²) in [7, 11) is 1.61. The minimum absolute atomic E-state index is 0.0383. The van der Waals surface area contributed by atoms with Gasteiger partial charge in [-0.1, -0.05) is 17.7 Å². The number of carbonyl (C=O) groups excluding carboxylic acids is 1. The molecule has 0 bridgehead atoms. The van der Waals surface area contributed by atoms with Gasteiger partial charge in [-0.2, -0.15) is 0 Å². The highest BCUT2D eigenvalue weighted by molar-refractivity contribution is 6.32. The number of hydrogen-bond acceptors (Lipinski definition) is 5. The van der Waals surface area contributed by atoms with E-state index in [0.29, 0.717) is 26.1 Å². The molecule has 7 nitrogen and oxygen atoms in total. The number of nitrogens with zero attached hydrogens (tertiary/aromatic N) is 3. The molecule has 112 valence electrons. The summed E-state index contributed by atoms with van der Waals surface area (Å²) in [6.07, 6.45) is 3.88. The van der Waals surface area contributed by atoms with Crippen LogP contribution in [0.4, 0.5) is 5.69 Å². The predicted molar refractivity (Wildman–Crippen MR) is 76.4 cm³/mol. The van der Waals surface area contributed by atoms with Gasteiger partial charge in [-0.05, 0) is 18.1 Å². The first kappa shape index (κ1) is 15.4. The first-order valence-corrected chi connectivity index (χ1v) is 6.67. The zero-order valence-corrected chi connectivity index (χ0v) is 12.2. The molecule has 0 aliphatic carbocycles. The highest BCUT2D eigenvalue weighted by Crippen LogP contribution is 2.27. The van der Waals surface area contributed by atoms with Crippen molar-refractivity contribution < 1.29 is 14.5 Å². The van der Waals surface area contributed by atoms with Crippen molar-refractivity contribution in [3.63, 3.8) is 0 Å². The van der Waals surface area contributed by atoms with Crippen LogP contribution in [0.2, 0.25) is 5.15 Å². The lowest BCUT2D eigenvalue weighted by molar-refractivity contribution is -0.385. The molecule has 1 amide bonds. The molecule has 0 unspecified atom stereocenters. The van der Waals surface area contributed by atoms with E-state index in [2.05, 4.69) is 4.98 Å². The van der Waals surface area contributed by atoms with Crippen molar-refractivity contribution in [1.29, 1.82) is 0 Å². The highest BCUT2D eigenvalue weighted by atomic mass is 35.5. The van der Waals surface area contributed by atoms with Crippen LogP contribution >= 0.6 is 11.6 Å². The standard InChI is InChI=1S/C13H14ClN3O4/c1-21-8-9-3-6-16(7-4-9)13(18)10-2-5-15-12(14)11(10)17(19)20/h2-3,5H,4,6-8H2,1H3. The fourth-order valence-electron chi connectivity index (χ4n) is 2.16. The number of rotatable bonds is 4. The quantitative estimate of drug-likeness (QED) is 0.368. The van der Waals surface area contributed by atoms with E-state index in [1.165, 1.54) is 17.2 Å². The van der Waals surface area contributed by atoms with Crippen molar-refractivity contribution in [3.8, 4) is 0 Å². The maximum Gasteiger partial charge on any atom is 0.319 e. The molecule has 0 saturated heterocycles. The van der Waals surface area contributed by atoms with Gasteiger partial charge < -0.3 is 9.64 Å². The number of pyridine rings is 1. The summed E-state index contributed by atoms with van der Waals surface area (Å²) < 4.78 is 5.04. The summed E-state index contributed by atoms with van der Waals surface area (Å²) in [5, 5.41) is 10.8. The number of ether oxygens (including phenoxy) is 1. The molecule has 0 N–H and O–H groups in total. The van der Waals surface area contributed by atoms with E-state index in [4.69, 9.17) is 16.3 Å². The van der Waals surface area contributed by atoms with Crippen LogP contribution in [0.15, 0.2) is 23.9 Å². The number of methoxy groups -OCH3 is 1. The van der Waals surface area contributed by atoms with Crippen LogP contribution in [0.1, 0.15) is 16.8 Å². The summed E-state index contributed by atoms with van der Waals surface area (Å²) in [6, 6.07) is 1.32. The minimum Gasteiger partial charge on any atom is -0.380 e. The average Bonchev–Trinajstić information content (AvgIpc) is 2.47. The second-order valence-electron chi connectivity index (χ2n) is 4.55. The molecule has 0 fully saturated rings. The highest BCUT2D eigenvalue weighted by Gasteiger charge is 2.28. The molecular formula is C13H14ClN3O4. The van der Waals surface area contributed by atoms with E-state index in [1.807, 2.05) is 6.08 Å². The average molecular weight is 312 g/mol. The van der Waals surface area contributed by atoms with Crippen molar-refractivity contribution >= 4 is 23.2 Å². The minimum atomic E-state index is -0.682. The second kappa shape index (κ2) is 6.64. The molecule has 0 saturated carbocycles. The van der Waals surface area contributed by atoms with E-state index in [1.54, 1.807) is 7.11 Å². The number of halogens is 1. The van der Waals surface area contributed by atoms with Crippen LogP contribution in [0, 0.1) is 10.1 Å². The summed E-state index contributed by atoms with van der Waals surface area (Å²) in [4.78, 5) is 28.0. The molecular weight excluding hydrogens is 298 g/mol. The fourth-order valence-corrected chi connectivity index (χ4v) is 2.38. The molecule has 0 spiro atoms. The lowest BCUT2D eigenvalue weighted by atomic mass is 10.1. The number of nitro groups is 1. The largest absolute Gasteiger partial charge is 0.380 e. The van der Waals surface area contributed by atoms with Gasteiger partial charge in [-0.25, -0.2) is 4.98 Å². The molecule has 1 aromatic heterocycles. The van der Waals surface area contributed by atoms with E-state index < -0.39 is 16.5 Å². The summed E-state index contributed by atoms with van der Waals surface area (Å²) in [5.41, 5.74) is 0.628. The molecule has 0 radical (unpaired) electrons. The predicted octanol–water partition coefficient (Wildman–Crippen LogP) is 2.06. The van der Waals surface area contributed by atoms with Gasteiger partial charge >= 0.3 is 5.69 Å². The van der Waals surface area contributed by atoms with Crippen molar-refractivity contribution in [3.05, 3.63) is 44.7 Å². The lowest BCUT2D eigenvalue weighted by Gasteiger charge is -2.26. The molecule has 1 aliphatic rings. The monoisotopic (exact) mass is 311 g/mol. The number of amides is 1. The Bertz CT molecular complexity index is 603. The van der Waals surface area contributed by atoms with Crippen molar-refractivity contribution in [2.24, 2.45) is 0 Å². The van der Waals surface area contributed by atoms with Gasteiger partial charge in [0.1, 0.15) is 5.56 Å². The molecule has 1 aliphatic heterocycles. The summed E-state index contributed by atoms with van der Waals surface area (Å²) in [6.45, 7) is 1.42. The SMILES string of the molecule is COCC1=CCN(C(=O)c2ccnc(Cl)c2[N+](=O)[O-])CC1. The van der Waals surface area contributed by atoms with E-state index >= 15 is 0 Å². The Hall–Kier alpha value is -1.99. The third-order valence-corrected chi connectivity index (χ3v) is 3.49. The zero-order valence-electron chi connectivity index (χ0n) is 11.4. The number of hydrogen-bond donors (Lipinski definition) is 0. The van der Waals surface area contributed by atoms with Crippen LogP contribution in [-0.4, -0.2) is 47.5 Å². The Labute approximate surface area is 126 Å². The maximum absolute atomic E-state index is 12.4. The van der Waals surface area contributed by atoms with Gasteiger partial charge in [0, 0.05) is 26.4 Å². The van der Waals surface area contributed by atoms with Gasteiger partial charge in [-0.3, -0.25) is 14.9 Å². The van der Waals surface area contributed by atoms with Crippen LogP contribution in [0.3, 0.4) is 0 Å². The van der Waals surface area contributed by atoms with E-state index in [9.17, 15) is 14.9 Å². The second-order valence-corrected chi connectivity index (χ2v) is 4.91. The Morgan fingerprint density at radius 1 is 1.62 bits per heavy atom. The first-order valence-electron chi connectivity index (χ1n) is 6.29. The fraction of sp³-hybridized carbons (Fsp3) is 0.385. The topological polar surface area (TPSA) is 85.6 Å². The lowest BCUT2D eigenvalue weighted by Crippen LogP contribution is -2.35. The van der Waals surface area contributed by atoms with E-state index in [0.717, 1.165) is 5.57 Å². The smallest absolute Gasteiger partial charge is 0.319 e. The zero-order chi connectivity index (χ0) is 15.4. The molecule has 8 heteroatoms. The summed E-state index contributed by atoms with van der Waals surface area (Å²) >= 11 is 5.72. The Morgan fingerprint density at radius 3 is 2.95 bits per heavy atom. The van der Waals surface area contributed by atoms with Crippen molar-refractivity contribution in [2.45, 2.75) is 6.42 Å². The Morgan fingerprint density at radius 2 is 2.38 bits per heavy atom. The normalized spacial score (nSPS) is 14.8. The molecule has 1 aromatic rings. The first-order chi connectivity index (χ1) is 10.0. The van der Waals surface area contributed by atoms with Gasteiger partial charge in [0.15, 0.2) is 0 Å². The van der Waals surface area contributed by atoms with Crippen LogP contribution in [0.25, 0.3) is 0 Å². The summed E-state index contributed by atoms with van der Waals surface area (Å²) in [5.74, 6) is -0.418. The molecule has 21 heavy (non-hydrogen) atoms. The molecule has 2 rings (SSSR count). The molecule has 0 atom stereocenters. The third-order valence-electron chi connectivity index (χ3n) is 3.21. The van der Waals surface area contributed by atoms with Gasteiger partial charge in [-0.15, -0.1) is 0 Å². The Kier molecular flexibility index (Phi) is 4.87. The van der Waals surface area contributed by atoms with Gasteiger partial charge in [0.25, 0.3) is 5.91 Å². The van der Waals surface area contributed by atoms with Crippen molar-refractivity contribution in [2.75, 3.05) is 26.8 Å². The van der Waals surface area contributed by atoms with Crippen LogP contribution < -0.4 is 0 Å². The number of carbonyl (C=O) groups is 1. The molecule has 0 aromatic carbocycles. The van der Waals surface area contributed by atoms with Crippen LogP contribution in [-0.2, 0) is 4.74 Å². The van der Waals surface area contributed by atoms with Crippen molar-refractivity contribution in [1.82, 2.24) is 9.88 Å². The van der Waals surface area contributed by atoms with Gasteiger partial charge in [0.2, 0.25) is 5.15 Å². The third kappa shape index (κ3) is 3.37. The number of aromatic nitrogens is 1.